The Morgan fingerprint density at radius 2 is 1.65 bits per heavy atom. The fraction of sp³-hybridized carbons (Fsp3) is 0.150. The number of aromatic nitrogens is 1. The van der Waals surface area contributed by atoms with Crippen molar-refractivity contribution in [1.82, 2.24) is 15.6 Å². The molecule has 6 nitrogen and oxygen atoms in total. The number of hydrogen-bond acceptors (Lipinski definition) is 4. The first kappa shape index (κ1) is 17.4. The SMILES string of the molecule is Cc1ccccc1CNC(=O)c1cncc(C(=O)NCc2ccco2)c1. The zero-order valence-electron chi connectivity index (χ0n) is 14.4. The zero-order valence-corrected chi connectivity index (χ0v) is 14.4. The van der Waals surface area contributed by atoms with Crippen LogP contribution in [0.1, 0.15) is 37.6 Å². The number of aryl methyl sites for hydroxylation is 1. The Bertz CT molecular complexity index is 904. The van der Waals surface area contributed by atoms with Crippen molar-refractivity contribution in [1.29, 1.82) is 0 Å². The van der Waals surface area contributed by atoms with Gasteiger partial charge in [0.2, 0.25) is 0 Å². The molecule has 0 spiro atoms. The van der Waals surface area contributed by atoms with Crippen LogP contribution in [0.2, 0.25) is 0 Å². The Kier molecular flexibility index (Phi) is 5.43. The summed E-state index contributed by atoms with van der Waals surface area (Å²) < 4.78 is 5.17. The summed E-state index contributed by atoms with van der Waals surface area (Å²) in [5.74, 6) is 0.0577. The number of carbonyl (C=O) groups excluding carboxylic acids is 2. The summed E-state index contributed by atoms with van der Waals surface area (Å²) >= 11 is 0. The highest BCUT2D eigenvalue weighted by Crippen LogP contribution is 2.08. The fourth-order valence-corrected chi connectivity index (χ4v) is 2.46. The molecule has 26 heavy (non-hydrogen) atoms. The van der Waals surface area contributed by atoms with Crippen molar-refractivity contribution in [2.75, 3.05) is 0 Å². The first-order valence-corrected chi connectivity index (χ1v) is 8.22. The molecular formula is C20H19N3O3. The lowest BCUT2D eigenvalue weighted by molar-refractivity contribution is 0.0947. The normalized spacial score (nSPS) is 10.3. The minimum Gasteiger partial charge on any atom is -0.467 e. The Morgan fingerprint density at radius 3 is 2.31 bits per heavy atom. The van der Waals surface area contributed by atoms with Gasteiger partial charge in [-0.3, -0.25) is 14.6 Å². The predicted octanol–water partition coefficient (Wildman–Crippen LogP) is 2.84. The Labute approximate surface area is 151 Å². The van der Waals surface area contributed by atoms with E-state index < -0.39 is 0 Å². The molecule has 0 atom stereocenters. The molecule has 0 fully saturated rings. The highest BCUT2D eigenvalue weighted by molar-refractivity contribution is 5.99. The Hall–Kier alpha value is -3.41. The molecule has 2 aromatic heterocycles. The molecule has 3 rings (SSSR count). The second kappa shape index (κ2) is 8.11. The van der Waals surface area contributed by atoms with E-state index in [-0.39, 0.29) is 18.4 Å². The van der Waals surface area contributed by atoms with Crippen molar-refractivity contribution < 1.29 is 14.0 Å². The standard InChI is InChI=1S/C20H19N3O3/c1-14-5-2-3-6-15(14)12-22-19(24)16-9-17(11-21-10-16)20(25)23-13-18-7-4-8-26-18/h2-11H,12-13H2,1H3,(H,22,24)(H,23,25). The molecule has 2 N–H and O–H groups in total. The van der Waals surface area contributed by atoms with Crippen molar-refractivity contribution in [2.24, 2.45) is 0 Å². The largest absolute Gasteiger partial charge is 0.467 e. The number of hydrogen-bond donors (Lipinski definition) is 2. The van der Waals surface area contributed by atoms with Gasteiger partial charge in [0, 0.05) is 18.9 Å². The van der Waals surface area contributed by atoms with E-state index in [0.29, 0.717) is 23.4 Å². The van der Waals surface area contributed by atoms with E-state index in [2.05, 4.69) is 15.6 Å². The van der Waals surface area contributed by atoms with Crippen LogP contribution < -0.4 is 10.6 Å². The van der Waals surface area contributed by atoms with Gasteiger partial charge in [-0.25, -0.2) is 0 Å². The van der Waals surface area contributed by atoms with Crippen LogP contribution in [0, 0.1) is 6.92 Å². The lowest BCUT2D eigenvalue weighted by Crippen LogP contribution is -2.25. The third kappa shape index (κ3) is 4.36. The third-order valence-corrected chi connectivity index (χ3v) is 3.97. The Morgan fingerprint density at radius 1 is 0.962 bits per heavy atom. The molecule has 0 saturated carbocycles. The molecule has 0 radical (unpaired) electrons. The summed E-state index contributed by atoms with van der Waals surface area (Å²) in [5.41, 5.74) is 2.81. The molecule has 0 unspecified atom stereocenters. The van der Waals surface area contributed by atoms with E-state index >= 15 is 0 Å². The third-order valence-electron chi connectivity index (χ3n) is 3.97. The number of furan rings is 1. The number of nitrogens with one attached hydrogen (secondary N) is 2. The second-order valence-corrected chi connectivity index (χ2v) is 5.83. The highest BCUT2D eigenvalue weighted by Gasteiger charge is 2.12. The van der Waals surface area contributed by atoms with Crippen LogP contribution in [0.25, 0.3) is 0 Å². The van der Waals surface area contributed by atoms with Gasteiger partial charge in [-0.15, -0.1) is 0 Å². The van der Waals surface area contributed by atoms with E-state index in [1.807, 2.05) is 31.2 Å². The molecule has 2 heterocycles. The summed E-state index contributed by atoms with van der Waals surface area (Å²) in [5, 5.41) is 5.58. The van der Waals surface area contributed by atoms with Crippen molar-refractivity contribution >= 4 is 11.8 Å². The molecular weight excluding hydrogens is 330 g/mol. The summed E-state index contributed by atoms with van der Waals surface area (Å²) in [6.07, 6.45) is 4.41. The van der Waals surface area contributed by atoms with Gasteiger partial charge in [0.25, 0.3) is 11.8 Å². The predicted molar refractivity (Wildman–Crippen MR) is 96.5 cm³/mol. The quantitative estimate of drug-likeness (QED) is 0.717. The van der Waals surface area contributed by atoms with Crippen LogP contribution in [0.5, 0.6) is 0 Å². The van der Waals surface area contributed by atoms with Crippen LogP contribution in [-0.4, -0.2) is 16.8 Å². The van der Waals surface area contributed by atoms with E-state index in [4.69, 9.17) is 4.42 Å². The molecule has 1 aromatic carbocycles. The molecule has 132 valence electrons. The lowest BCUT2D eigenvalue weighted by Gasteiger charge is -2.09. The summed E-state index contributed by atoms with van der Waals surface area (Å²) in [4.78, 5) is 28.6. The van der Waals surface area contributed by atoms with Gasteiger partial charge in [0.15, 0.2) is 0 Å². The average Bonchev–Trinajstić information content (AvgIpc) is 3.19. The van der Waals surface area contributed by atoms with Crippen LogP contribution in [0.15, 0.2) is 65.5 Å². The molecule has 0 aliphatic carbocycles. The van der Waals surface area contributed by atoms with Gasteiger partial charge < -0.3 is 15.1 Å². The van der Waals surface area contributed by atoms with E-state index in [9.17, 15) is 9.59 Å². The van der Waals surface area contributed by atoms with Crippen molar-refractivity contribution in [3.63, 3.8) is 0 Å². The van der Waals surface area contributed by atoms with Gasteiger partial charge in [0.1, 0.15) is 5.76 Å². The van der Waals surface area contributed by atoms with Crippen molar-refractivity contribution in [3.8, 4) is 0 Å². The van der Waals surface area contributed by atoms with Crippen LogP contribution >= 0.6 is 0 Å². The average molecular weight is 349 g/mol. The van der Waals surface area contributed by atoms with E-state index in [1.54, 1.807) is 18.4 Å². The van der Waals surface area contributed by atoms with E-state index in [1.165, 1.54) is 18.5 Å². The molecule has 2 amide bonds. The minimum atomic E-state index is -0.317. The number of benzene rings is 1. The van der Waals surface area contributed by atoms with Crippen LogP contribution in [-0.2, 0) is 13.1 Å². The van der Waals surface area contributed by atoms with Crippen molar-refractivity contribution in [3.05, 3.63) is 89.1 Å². The fourth-order valence-electron chi connectivity index (χ4n) is 2.46. The maximum absolute atomic E-state index is 12.4. The van der Waals surface area contributed by atoms with Crippen LogP contribution in [0.3, 0.4) is 0 Å². The second-order valence-electron chi connectivity index (χ2n) is 5.83. The minimum absolute atomic E-state index is 0.273. The topological polar surface area (TPSA) is 84.2 Å². The van der Waals surface area contributed by atoms with Gasteiger partial charge in [-0.2, -0.15) is 0 Å². The first-order valence-electron chi connectivity index (χ1n) is 8.22. The van der Waals surface area contributed by atoms with Crippen molar-refractivity contribution in [2.45, 2.75) is 20.0 Å². The highest BCUT2D eigenvalue weighted by atomic mass is 16.3. The van der Waals surface area contributed by atoms with Gasteiger partial charge >= 0.3 is 0 Å². The Balaban J connectivity index is 1.61. The summed E-state index contributed by atoms with van der Waals surface area (Å²) in [6, 6.07) is 12.9. The molecule has 0 aliphatic rings. The van der Waals surface area contributed by atoms with Gasteiger partial charge in [-0.05, 0) is 36.2 Å². The summed E-state index contributed by atoms with van der Waals surface area (Å²) in [7, 11) is 0. The number of carbonyl (C=O) groups is 2. The number of nitrogens with zero attached hydrogens (tertiary/aromatic N) is 1. The number of amides is 2. The zero-order chi connectivity index (χ0) is 18.4. The number of pyridine rings is 1. The van der Waals surface area contributed by atoms with Gasteiger partial charge in [0.05, 0.1) is 23.9 Å². The number of rotatable bonds is 6. The lowest BCUT2D eigenvalue weighted by atomic mass is 10.1. The molecule has 3 aromatic rings. The van der Waals surface area contributed by atoms with Crippen LogP contribution in [0.4, 0.5) is 0 Å². The smallest absolute Gasteiger partial charge is 0.253 e. The van der Waals surface area contributed by atoms with E-state index in [0.717, 1.165) is 11.1 Å². The monoisotopic (exact) mass is 349 g/mol. The molecule has 0 aliphatic heterocycles. The van der Waals surface area contributed by atoms with Gasteiger partial charge in [-0.1, -0.05) is 24.3 Å². The molecule has 6 heteroatoms. The maximum Gasteiger partial charge on any atom is 0.253 e. The molecule has 0 saturated heterocycles. The molecule has 0 bridgehead atoms. The summed E-state index contributed by atoms with van der Waals surface area (Å²) in [6.45, 7) is 2.68. The first-order chi connectivity index (χ1) is 12.6. The maximum atomic E-state index is 12.4.